The maximum Gasteiger partial charge on any atom is 0.251 e. The summed E-state index contributed by atoms with van der Waals surface area (Å²) < 4.78 is 1.86. The molecule has 2 aliphatic rings. The molecule has 7 heteroatoms. The van der Waals surface area contributed by atoms with E-state index in [1.807, 2.05) is 41.0 Å². The Balaban J connectivity index is 1.46. The fourth-order valence-corrected chi connectivity index (χ4v) is 4.83. The molecular weight excluding hydrogens is 380 g/mol. The molecule has 0 unspecified atom stereocenters. The number of likely N-dealkylation sites (tertiary alicyclic amines) is 1. The smallest absolute Gasteiger partial charge is 0.251 e. The van der Waals surface area contributed by atoms with E-state index in [2.05, 4.69) is 15.5 Å². The molecule has 0 saturated carbocycles. The van der Waals surface area contributed by atoms with Gasteiger partial charge in [0.25, 0.3) is 5.56 Å². The highest BCUT2D eigenvalue weighted by molar-refractivity contribution is 5.78. The number of hydrogen-bond donors (Lipinski definition) is 2. The Morgan fingerprint density at radius 1 is 1.03 bits per heavy atom. The Hall–Kier alpha value is -2.93. The van der Waals surface area contributed by atoms with E-state index >= 15 is 0 Å². The standard InChI is InChI=1S/C23H28N4O3/c1-16(28)24-12-21-19-10-18(20-8-5-9-23(30)27(20)21)13-26(14-19)15-22(29)25-11-17-6-3-2-4-7-17/h2-9,18-19,21H,10-15H2,1H3,(H,24,28)(H,25,29)/t18-,19+,21+/m1/s1. The van der Waals surface area contributed by atoms with Crippen LogP contribution in [-0.4, -0.2) is 47.5 Å². The van der Waals surface area contributed by atoms with E-state index < -0.39 is 0 Å². The predicted octanol–water partition coefficient (Wildman–Crippen LogP) is 1.26. The molecule has 1 fully saturated rings. The van der Waals surface area contributed by atoms with Gasteiger partial charge < -0.3 is 15.2 Å². The molecule has 0 aliphatic carbocycles. The fourth-order valence-electron chi connectivity index (χ4n) is 4.83. The third-order valence-electron chi connectivity index (χ3n) is 6.13. The van der Waals surface area contributed by atoms with Gasteiger partial charge in [-0.15, -0.1) is 0 Å². The first-order chi connectivity index (χ1) is 14.5. The summed E-state index contributed by atoms with van der Waals surface area (Å²) in [6, 6.07) is 15.2. The van der Waals surface area contributed by atoms with Crippen molar-refractivity contribution in [2.45, 2.75) is 31.8 Å². The van der Waals surface area contributed by atoms with Crippen molar-refractivity contribution in [3.05, 3.63) is 70.1 Å². The Bertz CT molecular complexity index is 972. The molecule has 7 nitrogen and oxygen atoms in total. The lowest BCUT2D eigenvalue weighted by Crippen LogP contribution is -2.53. The molecule has 158 valence electrons. The van der Waals surface area contributed by atoms with Crippen molar-refractivity contribution in [3.8, 4) is 0 Å². The first kappa shape index (κ1) is 20.3. The molecule has 4 rings (SSSR count). The molecule has 1 aromatic heterocycles. The van der Waals surface area contributed by atoms with Gasteiger partial charge in [-0.3, -0.25) is 19.3 Å². The minimum absolute atomic E-state index is 0.00249. The number of benzene rings is 1. The van der Waals surface area contributed by atoms with Crippen molar-refractivity contribution < 1.29 is 9.59 Å². The molecule has 2 amide bonds. The maximum atomic E-state index is 12.6. The molecule has 0 radical (unpaired) electrons. The molecule has 2 aliphatic heterocycles. The number of amides is 2. The second-order valence-electron chi connectivity index (χ2n) is 8.31. The summed E-state index contributed by atoms with van der Waals surface area (Å²) >= 11 is 0. The van der Waals surface area contributed by atoms with Gasteiger partial charge in [-0.1, -0.05) is 36.4 Å². The van der Waals surface area contributed by atoms with E-state index in [1.54, 1.807) is 12.1 Å². The Morgan fingerprint density at radius 3 is 2.60 bits per heavy atom. The van der Waals surface area contributed by atoms with E-state index in [9.17, 15) is 14.4 Å². The average molecular weight is 409 g/mol. The Kier molecular flexibility index (Phi) is 5.99. The number of carbonyl (C=O) groups excluding carboxylic acids is 2. The molecular formula is C23H28N4O3. The van der Waals surface area contributed by atoms with E-state index in [1.165, 1.54) is 6.92 Å². The van der Waals surface area contributed by atoms with Gasteiger partial charge in [0.1, 0.15) is 0 Å². The molecule has 30 heavy (non-hydrogen) atoms. The number of fused-ring (bicyclic) bond motifs is 4. The molecule has 1 aromatic carbocycles. The highest BCUT2D eigenvalue weighted by atomic mass is 16.2. The lowest BCUT2D eigenvalue weighted by atomic mass is 9.78. The third kappa shape index (κ3) is 4.46. The Morgan fingerprint density at radius 2 is 1.83 bits per heavy atom. The van der Waals surface area contributed by atoms with E-state index in [0.717, 1.165) is 30.8 Å². The number of hydrogen-bond acceptors (Lipinski definition) is 4. The van der Waals surface area contributed by atoms with E-state index in [4.69, 9.17) is 0 Å². The SMILES string of the molecule is CC(=O)NC[C@H]1[C@H]2C[C@H](CN(CC(=O)NCc3ccccc3)C2)c2cccc(=O)n21. The van der Waals surface area contributed by atoms with Crippen LogP contribution in [0.25, 0.3) is 0 Å². The van der Waals surface area contributed by atoms with Crippen molar-refractivity contribution in [1.29, 1.82) is 0 Å². The normalized spacial score (nSPS) is 22.8. The average Bonchev–Trinajstić information content (AvgIpc) is 2.73. The zero-order valence-electron chi connectivity index (χ0n) is 17.2. The van der Waals surface area contributed by atoms with Crippen molar-refractivity contribution in [2.75, 3.05) is 26.2 Å². The highest BCUT2D eigenvalue weighted by Crippen LogP contribution is 2.40. The zero-order chi connectivity index (χ0) is 21.1. The summed E-state index contributed by atoms with van der Waals surface area (Å²) in [6.07, 6.45) is 0.968. The van der Waals surface area contributed by atoms with Crippen LogP contribution in [0.5, 0.6) is 0 Å². The second kappa shape index (κ2) is 8.83. The summed E-state index contributed by atoms with van der Waals surface area (Å²) in [4.78, 5) is 38.8. The number of aromatic nitrogens is 1. The van der Waals surface area contributed by atoms with Crippen LogP contribution in [-0.2, 0) is 16.1 Å². The van der Waals surface area contributed by atoms with Gasteiger partial charge in [-0.05, 0) is 24.0 Å². The number of nitrogens with zero attached hydrogens (tertiary/aromatic N) is 2. The monoisotopic (exact) mass is 408 g/mol. The summed E-state index contributed by atoms with van der Waals surface area (Å²) in [5.41, 5.74) is 2.06. The van der Waals surface area contributed by atoms with Gasteiger partial charge >= 0.3 is 0 Å². The number of pyridine rings is 1. The molecule has 3 atom stereocenters. The van der Waals surface area contributed by atoms with Gasteiger partial charge in [0.15, 0.2) is 0 Å². The zero-order valence-corrected chi connectivity index (χ0v) is 17.2. The quantitative estimate of drug-likeness (QED) is 0.754. The summed E-state index contributed by atoms with van der Waals surface area (Å²) in [5, 5.41) is 5.88. The van der Waals surface area contributed by atoms with Gasteiger partial charge in [0.05, 0.1) is 12.6 Å². The maximum absolute atomic E-state index is 12.6. The van der Waals surface area contributed by atoms with Crippen molar-refractivity contribution in [1.82, 2.24) is 20.1 Å². The number of rotatable bonds is 6. The van der Waals surface area contributed by atoms with E-state index in [-0.39, 0.29) is 35.3 Å². The van der Waals surface area contributed by atoms with Crippen LogP contribution in [0.1, 0.15) is 36.6 Å². The van der Waals surface area contributed by atoms with Gasteiger partial charge in [0.2, 0.25) is 11.8 Å². The number of nitrogens with one attached hydrogen (secondary N) is 2. The number of carbonyl (C=O) groups is 2. The second-order valence-corrected chi connectivity index (χ2v) is 8.31. The van der Waals surface area contributed by atoms with Gasteiger partial charge in [-0.25, -0.2) is 0 Å². The lowest BCUT2D eigenvalue weighted by Gasteiger charge is -2.46. The molecule has 1 saturated heterocycles. The molecule has 3 heterocycles. The van der Waals surface area contributed by atoms with Gasteiger partial charge in [0, 0.05) is 50.8 Å². The van der Waals surface area contributed by atoms with E-state index in [0.29, 0.717) is 19.6 Å². The Labute approximate surface area is 176 Å². The predicted molar refractivity (Wildman–Crippen MR) is 114 cm³/mol. The first-order valence-electron chi connectivity index (χ1n) is 10.5. The van der Waals surface area contributed by atoms with Crippen molar-refractivity contribution >= 4 is 11.8 Å². The van der Waals surface area contributed by atoms with Gasteiger partial charge in [-0.2, -0.15) is 0 Å². The third-order valence-corrected chi connectivity index (χ3v) is 6.13. The van der Waals surface area contributed by atoms with Crippen LogP contribution in [0.3, 0.4) is 0 Å². The molecule has 2 N–H and O–H groups in total. The minimum Gasteiger partial charge on any atom is -0.354 e. The van der Waals surface area contributed by atoms with Crippen LogP contribution in [0, 0.1) is 5.92 Å². The van der Waals surface area contributed by atoms with Crippen LogP contribution in [0.2, 0.25) is 0 Å². The minimum atomic E-state index is -0.101. The van der Waals surface area contributed by atoms with Crippen LogP contribution in [0.4, 0.5) is 0 Å². The van der Waals surface area contributed by atoms with Crippen LogP contribution in [0.15, 0.2) is 53.3 Å². The van der Waals surface area contributed by atoms with Crippen LogP contribution >= 0.6 is 0 Å². The van der Waals surface area contributed by atoms with Crippen molar-refractivity contribution in [2.24, 2.45) is 5.92 Å². The number of piperidine rings is 1. The molecule has 2 bridgehead atoms. The molecule has 0 spiro atoms. The van der Waals surface area contributed by atoms with Crippen molar-refractivity contribution in [3.63, 3.8) is 0 Å². The first-order valence-corrected chi connectivity index (χ1v) is 10.5. The summed E-state index contributed by atoms with van der Waals surface area (Å²) in [7, 11) is 0. The summed E-state index contributed by atoms with van der Waals surface area (Å²) in [5.74, 6) is 0.330. The highest BCUT2D eigenvalue weighted by Gasteiger charge is 2.40. The molecule has 2 aromatic rings. The topological polar surface area (TPSA) is 83.4 Å². The van der Waals surface area contributed by atoms with Crippen LogP contribution < -0.4 is 16.2 Å². The summed E-state index contributed by atoms with van der Waals surface area (Å²) in [6.45, 7) is 4.27. The largest absolute Gasteiger partial charge is 0.354 e. The fraction of sp³-hybridized carbons (Fsp3) is 0.435. The lowest BCUT2D eigenvalue weighted by molar-refractivity contribution is -0.123.